The summed E-state index contributed by atoms with van der Waals surface area (Å²) in [7, 11) is 1.48. The smallest absolute Gasteiger partial charge is 0.317 e. The number of urea groups is 1. The van der Waals surface area contributed by atoms with Crippen LogP contribution in [0.25, 0.3) is 0 Å². The number of carbonyl (C=O) groups excluding carboxylic acids is 2. The van der Waals surface area contributed by atoms with Crippen molar-refractivity contribution in [3.05, 3.63) is 0 Å². The van der Waals surface area contributed by atoms with Gasteiger partial charge in [0.2, 0.25) is 5.91 Å². The Morgan fingerprint density at radius 1 is 1.41 bits per heavy atom. The maximum absolute atomic E-state index is 11.6. The molecule has 7 heteroatoms. The summed E-state index contributed by atoms with van der Waals surface area (Å²) in [5, 5.41) is 13.7. The van der Waals surface area contributed by atoms with E-state index in [4.69, 9.17) is 5.11 Å². The van der Waals surface area contributed by atoms with Gasteiger partial charge in [-0.2, -0.15) is 0 Å². The highest BCUT2D eigenvalue weighted by Crippen LogP contribution is 2.16. The van der Waals surface area contributed by atoms with Crippen LogP contribution in [0.2, 0.25) is 0 Å². The first kappa shape index (κ1) is 13.3. The predicted octanol–water partition coefficient (Wildman–Crippen LogP) is -0.761. The van der Waals surface area contributed by atoms with E-state index in [1.54, 1.807) is 0 Å². The third-order valence-corrected chi connectivity index (χ3v) is 2.74. The second kappa shape index (κ2) is 6.07. The van der Waals surface area contributed by atoms with Crippen LogP contribution in [0.3, 0.4) is 0 Å². The molecule has 3 N–H and O–H groups in total. The molecule has 0 aromatic heterocycles. The van der Waals surface area contributed by atoms with E-state index in [0.717, 1.165) is 0 Å². The fourth-order valence-corrected chi connectivity index (χ4v) is 1.72. The number of carbonyl (C=O) groups is 3. The van der Waals surface area contributed by atoms with E-state index in [1.807, 2.05) is 0 Å². The van der Waals surface area contributed by atoms with Gasteiger partial charge in [-0.25, -0.2) is 4.79 Å². The Morgan fingerprint density at radius 2 is 2.12 bits per heavy atom. The van der Waals surface area contributed by atoms with E-state index in [2.05, 4.69) is 10.6 Å². The summed E-state index contributed by atoms with van der Waals surface area (Å²) in [6.07, 6.45) is 1.26. The van der Waals surface area contributed by atoms with Crippen LogP contribution in [0.1, 0.15) is 12.8 Å². The topological polar surface area (TPSA) is 98.7 Å². The summed E-state index contributed by atoms with van der Waals surface area (Å²) in [4.78, 5) is 34.8. The standard InChI is InChI=1S/C10H17N3O4/c1-11-8(14)5-12-10(17)13-4-2-3-7(6-13)9(15)16/h7H,2-6H2,1H3,(H,11,14)(H,12,17)(H,15,16). The van der Waals surface area contributed by atoms with Crippen LogP contribution in [0.4, 0.5) is 4.79 Å². The Hall–Kier alpha value is -1.79. The lowest BCUT2D eigenvalue weighted by Gasteiger charge is -2.30. The number of amides is 3. The average Bonchev–Trinajstić information content (AvgIpc) is 2.35. The number of aliphatic carboxylic acids is 1. The van der Waals surface area contributed by atoms with Crippen LogP contribution in [0.5, 0.6) is 0 Å². The zero-order valence-electron chi connectivity index (χ0n) is 9.73. The summed E-state index contributed by atoms with van der Waals surface area (Å²) in [5.41, 5.74) is 0. The van der Waals surface area contributed by atoms with E-state index in [0.29, 0.717) is 19.4 Å². The lowest BCUT2D eigenvalue weighted by Crippen LogP contribution is -2.48. The molecule has 1 aliphatic heterocycles. The van der Waals surface area contributed by atoms with Gasteiger partial charge in [0.1, 0.15) is 0 Å². The van der Waals surface area contributed by atoms with Gasteiger partial charge in [0.25, 0.3) is 0 Å². The molecule has 7 nitrogen and oxygen atoms in total. The first-order valence-electron chi connectivity index (χ1n) is 5.50. The van der Waals surface area contributed by atoms with Crippen LogP contribution in [0, 0.1) is 5.92 Å². The van der Waals surface area contributed by atoms with E-state index in [-0.39, 0.29) is 25.0 Å². The van der Waals surface area contributed by atoms with Crippen molar-refractivity contribution in [2.75, 3.05) is 26.7 Å². The Balaban J connectivity index is 2.41. The normalized spacial score (nSPS) is 19.6. The largest absolute Gasteiger partial charge is 0.481 e. The minimum Gasteiger partial charge on any atom is -0.481 e. The predicted molar refractivity (Wildman–Crippen MR) is 59.4 cm³/mol. The zero-order chi connectivity index (χ0) is 12.8. The molecule has 1 unspecified atom stereocenters. The van der Waals surface area contributed by atoms with Crippen molar-refractivity contribution in [3.63, 3.8) is 0 Å². The molecule has 1 saturated heterocycles. The number of likely N-dealkylation sites (N-methyl/N-ethyl adjacent to an activating group) is 1. The maximum atomic E-state index is 11.6. The van der Waals surface area contributed by atoms with Gasteiger partial charge in [0, 0.05) is 20.1 Å². The van der Waals surface area contributed by atoms with Crippen molar-refractivity contribution in [2.24, 2.45) is 5.92 Å². The molecule has 1 atom stereocenters. The molecular weight excluding hydrogens is 226 g/mol. The molecule has 3 amide bonds. The quantitative estimate of drug-likeness (QED) is 0.606. The molecule has 0 aromatic carbocycles. The number of hydrogen-bond acceptors (Lipinski definition) is 3. The number of hydrogen-bond donors (Lipinski definition) is 3. The van der Waals surface area contributed by atoms with Crippen LogP contribution < -0.4 is 10.6 Å². The van der Waals surface area contributed by atoms with Crippen molar-refractivity contribution in [1.29, 1.82) is 0 Å². The maximum Gasteiger partial charge on any atom is 0.317 e. The van der Waals surface area contributed by atoms with Gasteiger partial charge in [0.05, 0.1) is 12.5 Å². The Morgan fingerprint density at radius 3 is 2.71 bits per heavy atom. The molecule has 1 fully saturated rings. The van der Waals surface area contributed by atoms with Gasteiger partial charge in [-0.05, 0) is 12.8 Å². The highest BCUT2D eigenvalue weighted by molar-refractivity contribution is 5.84. The number of carboxylic acids is 1. The number of nitrogens with zero attached hydrogens (tertiary/aromatic N) is 1. The molecule has 0 aliphatic carbocycles. The van der Waals surface area contributed by atoms with Crippen molar-refractivity contribution in [2.45, 2.75) is 12.8 Å². The van der Waals surface area contributed by atoms with Gasteiger partial charge in [-0.3, -0.25) is 9.59 Å². The number of carboxylic acid groups (broad SMARTS) is 1. The first-order chi connectivity index (χ1) is 8.04. The van der Waals surface area contributed by atoms with Crippen molar-refractivity contribution in [3.8, 4) is 0 Å². The summed E-state index contributed by atoms with van der Waals surface area (Å²) >= 11 is 0. The fourth-order valence-electron chi connectivity index (χ4n) is 1.72. The van der Waals surface area contributed by atoms with Crippen LogP contribution >= 0.6 is 0 Å². The molecule has 0 aromatic rings. The lowest BCUT2D eigenvalue weighted by atomic mass is 9.99. The van der Waals surface area contributed by atoms with Gasteiger partial charge in [-0.15, -0.1) is 0 Å². The molecule has 0 spiro atoms. The van der Waals surface area contributed by atoms with Crippen molar-refractivity contribution in [1.82, 2.24) is 15.5 Å². The molecule has 1 aliphatic rings. The molecule has 0 bridgehead atoms. The van der Waals surface area contributed by atoms with Gasteiger partial charge in [0.15, 0.2) is 0 Å². The average molecular weight is 243 g/mol. The lowest BCUT2D eigenvalue weighted by molar-refractivity contribution is -0.143. The summed E-state index contributed by atoms with van der Waals surface area (Å²) in [5.74, 6) is -1.67. The minimum atomic E-state index is -0.881. The zero-order valence-corrected chi connectivity index (χ0v) is 9.73. The summed E-state index contributed by atoms with van der Waals surface area (Å²) < 4.78 is 0. The number of likely N-dealkylation sites (tertiary alicyclic amines) is 1. The molecule has 0 radical (unpaired) electrons. The Labute approximate surface area is 99.2 Å². The third-order valence-electron chi connectivity index (χ3n) is 2.74. The summed E-state index contributed by atoms with van der Waals surface area (Å²) in [6.45, 7) is 0.641. The van der Waals surface area contributed by atoms with Crippen LogP contribution in [0.15, 0.2) is 0 Å². The molecule has 96 valence electrons. The number of piperidine rings is 1. The highest BCUT2D eigenvalue weighted by Gasteiger charge is 2.27. The van der Waals surface area contributed by atoms with E-state index < -0.39 is 11.9 Å². The molecule has 1 rings (SSSR count). The monoisotopic (exact) mass is 243 g/mol. The Kier molecular flexibility index (Phi) is 4.74. The second-order valence-electron chi connectivity index (χ2n) is 3.96. The third kappa shape index (κ3) is 3.93. The highest BCUT2D eigenvalue weighted by atomic mass is 16.4. The number of nitrogens with one attached hydrogen (secondary N) is 2. The Bertz CT molecular complexity index is 319. The van der Waals surface area contributed by atoms with Gasteiger partial charge in [-0.1, -0.05) is 0 Å². The van der Waals surface area contributed by atoms with Crippen molar-refractivity contribution >= 4 is 17.9 Å². The first-order valence-corrected chi connectivity index (χ1v) is 5.50. The van der Waals surface area contributed by atoms with Gasteiger partial charge < -0.3 is 20.6 Å². The molecule has 17 heavy (non-hydrogen) atoms. The molecule has 0 saturated carbocycles. The van der Waals surface area contributed by atoms with E-state index in [1.165, 1.54) is 11.9 Å². The number of rotatable bonds is 3. The van der Waals surface area contributed by atoms with E-state index >= 15 is 0 Å². The van der Waals surface area contributed by atoms with Crippen LogP contribution in [-0.4, -0.2) is 54.6 Å². The minimum absolute atomic E-state index is 0.0937. The summed E-state index contributed by atoms with van der Waals surface area (Å²) in [6, 6.07) is -0.389. The van der Waals surface area contributed by atoms with Crippen LogP contribution in [-0.2, 0) is 9.59 Å². The van der Waals surface area contributed by atoms with E-state index in [9.17, 15) is 14.4 Å². The van der Waals surface area contributed by atoms with Gasteiger partial charge >= 0.3 is 12.0 Å². The SMILES string of the molecule is CNC(=O)CNC(=O)N1CCCC(C(=O)O)C1. The second-order valence-corrected chi connectivity index (χ2v) is 3.96. The molecular formula is C10H17N3O4. The molecule has 1 heterocycles. The van der Waals surface area contributed by atoms with Crippen molar-refractivity contribution < 1.29 is 19.5 Å². The fraction of sp³-hybridized carbons (Fsp3) is 0.700.